The van der Waals surface area contributed by atoms with Crippen LogP contribution in [0.5, 0.6) is 0 Å². The smallest absolute Gasteiger partial charge is 0.337 e. The van der Waals surface area contributed by atoms with Crippen LogP contribution < -0.4 is 0 Å². The molecule has 2 rings (SSSR count). The highest BCUT2D eigenvalue weighted by atomic mass is 16.6. The zero-order valence-corrected chi connectivity index (χ0v) is 9.22. The summed E-state index contributed by atoms with van der Waals surface area (Å²) in [4.78, 5) is 23.2. The van der Waals surface area contributed by atoms with Crippen LogP contribution in [-0.2, 0) is 0 Å². The molecule has 0 fully saturated rings. The Kier molecular flexibility index (Phi) is 4.98. The quantitative estimate of drug-likeness (QED) is 0.626. The Morgan fingerprint density at radius 2 is 1.72 bits per heavy atom. The number of carboxylic acids is 1. The predicted octanol–water partition coefficient (Wildman–Crippen LogP) is 2.59. The zero-order valence-electron chi connectivity index (χ0n) is 9.22. The van der Waals surface area contributed by atoms with Gasteiger partial charge >= 0.3 is 5.97 Å². The third kappa shape index (κ3) is 3.38. The summed E-state index contributed by atoms with van der Waals surface area (Å²) >= 11 is 0. The minimum atomic E-state index is -0.957. The van der Waals surface area contributed by atoms with Gasteiger partial charge < -0.3 is 10.3 Å². The fraction of sp³-hybridized carbons (Fsp3) is 0. The second-order valence-electron chi connectivity index (χ2n) is 3.15. The topological polar surface area (TPSA) is 99.8 Å². The van der Waals surface area contributed by atoms with E-state index in [0.29, 0.717) is 5.69 Å². The Morgan fingerprint density at radius 3 is 2.28 bits per heavy atom. The van der Waals surface area contributed by atoms with Crippen molar-refractivity contribution < 1.29 is 15.1 Å². The molecule has 0 unspecified atom stereocenters. The van der Waals surface area contributed by atoms with Crippen LogP contribution >= 0.6 is 0 Å². The second-order valence-corrected chi connectivity index (χ2v) is 3.15. The van der Waals surface area contributed by atoms with Gasteiger partial charge in [0, 0.05) is 11.8 Å². The lowest BCUT2D eigenvalue weighted by Gasteiger charge is -2.03. The third-order valence-corrected chi connectivity index (χ3v) is 2.09. The highest BCUT2D eigenvalue weighted by Crippen LogP contribution is 2.20. The molecule has 0 saturated heterocycles. The molecule has 18 heavy (non-hydrogen) atoms. The lowest BCUT2D eigenvalue weighted by molar-refractivity contribution is 0.0697. The lowest BCUT2D eigenvalue weighted by atomic mass is 10.1. The number of hydrogen-bond acceptors (Lipinski definition) is 4. The fourth-order valence-electron chi connectivity index (χ4n) is 1.40. The van der Waals surface area contributed by atoms with Crippen LogP contribution in [0.25, 0.3) is 11.3 Å². The summed E-state index contributed by atoms with van der Waals surface area (Å²) in [6.07, 6.45) is 1.59. The summed E-state index contributed by atoms with van der Waals surface area (Å²) in [7, 11) is 0. The first-order valence-electron chi connectivity index (χ1n) is 4.91. The molecule has 0 aliphatic carbocycles. The molecule has 6 nitrogen and oxygen atoms in total. The minimum absolute atomic E-state index is 0.226. The number of pyridine rings is 1. The molecule has 0 saturated carbocycles. The number of hydrogen-bond donors (Lipinski definition) is 2. The second kappa shape index (κ2) is 6.74. The van der Waals surface area contributed by atoms with Crippen molar-refractivity contribution >= 4 is 5.97 Å². The maximum absolute atomic E-state index is 11.0. The summed E-state index contributed by atoms with van der Waals surface area (Å²) in [6, 6.07) is 12.5. The molecular weight excluding hydrogens is 236 g/mol. The van der Waals surface area contributed by atoms with Gasteiger partial charge in [-0.3, -0.25) is 4.98 Å². The van der Waals surface area contributed by atoms with E-state index in [4.69, 9.17) is 15.2 Å². The first kappa shape index (κ1) is 13.3. The van der Waals surface area contributed by atoms with Crippen LogP contribution in [0.4, 0.5) is 0 Å². The lowest BCUT2D eigenvalue weighted by Crippen LogP contribution is -2.00. The Morgan fingerprint density at radius 1 is 1.11 bits per heavy atom. The van der Waals surface area contributed by atoms with E-state index in [-0.39, 0.29) is 5.56 Å². The van der Waals surface area contributed by atoms with E-state index < -0.39 is 5.97 Å². The van der Waals surface area contributed by atoms with Gasteiger partial charge in [-0.05, 0) is 12.1 Å². The van der Waals surface area contributed by atoms with Crippen molar-refractivity contribution in [1.29, 1.82) is 0 Å². The Hall–Kier alpha value is -2.76. The summed E-state index contributed by atoms with van der Waals surface area (Å²) in [5, 5.41) is 16.9. The molecule has 2 N–H and O–H groups in total. The molecule has 1 heterocycles. The number of aromatic nitrogens is 1. The Bertz CT molecular complexity index is 529. The van der Waals surface area contributed by atoms with Crippen molar-refractivity contribution in [1.82, 2.24) is 4.98 Å². The number of nitrogens with zero attached hydrogens (tertiary/aromatic N) is 2. The van der Waals surface area contributed by atoms with E-state index >= 15 is 0 Å². The van der Waals surface area contributed by atoms with Gasteiger partial charge in [0.2, 0.25) is 0 Å². The fourth-order valence-corrected chi connectivity index (χ4v) is 1.40. The summed E-state index contributed by atoms with van der Waals surface area (Å²) < 4.78 is 0. The summed E-state index contributed by atoms with van der Waals surface area (Å²) in [5.41, 5.74) is 1.55. The molecule has 0 aliphatic rings. The molecule has 0 amide bonds. The van der Waals surface area contributed by atoms with E-state index in [1.165, 1.54) is 5.34 Å². The highest BCUT2D eigenvalue weighted by Gasteiger charge is 2.11. The minimum Gasteiger partial charge on any atom is -0.478 e. The molecule has 0 atom stereocenters. The SMILES string of the molecule is O=C(O)c1cccnc1-c1ccccc1.O=NO. The van der Waals surface area contributed by atoms with Gasteiger partial charge in [0.1, 0.15) is 0 Å². The summed E-state index contributed by atoms with van der Waals surface area (Å²) in [6.45, 7) is 0. The average Bonchev–Trinajstić information content (AvgIpc) is 2.40. The van der Waals surface area contributed by atoms with E-state index in [1.807, 2.05) is 30.3 Å². The van der Waals surface area contributed by atoms with Crippen LogP contribution in [0.3, 0.4) is 0 Å². The van der Waals surface area contributed by atoms with Gasteiger partial charge in [-0.15, -0.1) is 4.91 Å². The maximum atomic E-state index is 11.0. The maximum Gasteiger partial charge on any atom is 0.337 e. The van der Waals surface area contributed by atoms with Crippen molar-refractivity contribution in [3.8, 4) is 11.3 Å². The third-order valence-electron chi connectivity index (χ3n) is 2.09. The van der Waals surface area contributed by atoms with E-state index in [2.05, 4.69) is 4.98 Å². The molecule has 0 radical (unpaired) electrons. The van der Waals surface area contributed by atoms with Gasteiger partial charge in [0.25, 0.3) is 0 Å². The average molecular weight is 246 g/mol. The van der Waals surface area contributed by atoms with Gasteiger partial charge in [-0.2, -0.15) is 0 Å². The standard InChI is InChI=1S/C12H9NO2.HNO2/c14-12(15)10-7-4-8-13-11(10)9-5-2-1-3-6-9;2-1-3/h1-8H,(H,14,15);(H,2,3). The van der Waals surface area contributed by atoms with Crippen molar-refractivity contribution in [3.05, 3.63) is 59.1 Å². The first-order chi connectivity index (χ1) is 8.70. The van der Waals surface area contributed by atoms with E-state index in [0.717, 1.165) is 5.56 Å². The van der Waals surface area contributed by atoms with Gasteiger partial charge in [-0.1, -0.05) is 30.3 Å². The van der Waals surface area contributed by atoms with Crippen molar-refractivity contribution in [3.63, 3.8) is 0 Å². The Balaban J connectivity index is 0.000000492. The summed E-state index contributed by atoms with van der Waals surface area (Å²) in [5.74, 6) is -0.957. The highest BCUT2D eigenvalue weighted by molar-refractivity contribution is 5.94. The monoisotopic (exact) mass is 246 g/mol. The molecule has 0 aliphatic heterocycles. The van der Waals surface area contributed by atoms with Crippen LogP contribution in [0.1, 0.15) is 10.4 Å². The van der Waals surface area contributed by atoms with Crippen LogP contribution in [0.15, 0.2) is 54.0 Å². The Labute approximate surface area is 102 Å². The predicted molar refractivity (Wildman–Crippen MR) is 64.2 cm³/mol. The van der Waals surface area contributed by atoms with E-state index in [1.54, 1.807) is 18.3 Å². The largest absolute Gasteiger partial charge is 0.478 e. The molecular formula is C12H10N2O4. The van der Waals surface area contributed by atoms with E-state index in [9.17, 15) is 4.79 Å². The number of rotatable bonds is 2. The molecule has 92 valence electrons. The van der Waals surface area contributed by atoms with Crippen LogP contribution in [0.2, 0.25) is 0 Å². The molecule has 2 aromatic rings. The van der Waals surface area contributed by atoms with Crippen molar-refractivity contribution in [2.45, 2.75) is 0 Å². The molecule has 0 bridgehead atoms. The van der Waals surface area contributed by atoms with Gasteiger partial charge in [0.05, 0.1) is 11.3 Å². The number of carbonyl (C=O) groups is 1. The molecule has 0 spiro atoms. The molecule has 1 aromatic carbocycles. The zero-order chi connectivity index (χ0) is 13.4. The normalized spacial score (nSPS) is 8.89. The molecule has 1 aromatic heterocycles. The number of carboxylic acid groups (broad SMARTS) is 1. The van der Waals surface area contributed by atoms with Gasteiger partial charge in [0.15, 0.2) is 5.34 Å². The number of aromatic carboxylic acids is 1. The molecule has 6 heteroatoms. The van der Waals surface area contributed by atoms with Crippen LogP contribution in [-0.4, -0.2) is 21.3 Å². The van der Waals surface area contributed by atoms with Crippen molar-refractivity contribution in [2.75, 3.05) is 0 Å². The number of benzene rings is 1. The van der Waals surface area contributed by atoms with Crippen LogP contribution in [0, 0.1) is 4.91 Å². The van der Waals surface area contributed by atoms with Gasteiger partial charge in [-0.25, -0.2) is 4.79 Å². The first-order valence-corrected chi connectivity index (χ1v) is 4.91. The van der Waals surface area contributed by atoms with Crippen molar-refractivity contribution in [2.24, 2.45) is 5.34 Å².